The smallest absolute Gasteiger partial charge is 0.333 e. The standard InChI is InChI=1S/2C6H10O2.C5H8O4/c2*1-4-8-6(7)5(2)3;6-4(7)2-1-3-5(8)9/h2*2,4H2,1,3H3;1-3H2,(H,6,7)(H,8,9). The van der Waals surface area contributed by atoms with E-state index in [1.807, 2.05) is 0 Å². The van der Waals surface area contributed by atoms with Gasteiger partial charge in [0.1, 0.15) is 0 Å². The van der Waals surface area contributed by atoms with Gasteiger partial charge < -0.3 is 19.7 Å². The van der Waals surface area contributed by atoms with Crippen LogP contribution in [0.3, 0.4) is 0 Å². The summed E-state index contributed by atoms with van der Waals surface area (Å²) in [6, 6.07) is 0. The molecule has 0 aromatic carbocycles. The van der Waals surface area contributed by atoms with Crippen molar-refractivity contribution < 1.29 is 38.9 Å². The molecule has 0 bridgehead atoms. The van der Waals surface area contributed by atoms with Gasteiger partial charge in [0, 0.05) is 24.0 Å². The van der Waals surface area contributed by atoms with E-state index in [-0.39, 0.29) is 31.2 Å². The van der Waals surface area contributed by atoms with E-state index in [1.165, 1.54) is 0 Å². The van der Waals surface area contributed by atoms with Crippen LogP contribution in [0.15, 0.2) is 24.3 Å². The average Bonchev–Trinajstić information content (AvgIpc) is 2.48. The number of carboxylic acids is 2. The van der Waals surface area contributed by atoms with E-state index in [4.69, 9.17) is 10.2 Å². The lowest BCUT2D eigenvalue weighted by atomic mass is 10.2. The third-order valence-electron chi connectivity index (χ3n) is 2.03. The van der Waals surface area contributed by atoms with Gasteiger partial charge in [0.15, 0.2) is 0 Å². The van der Waals surface area contributed by atoms with Crippen LogP contribution >= 0.6 is 0 Å². The van der Waals surface area contributed by atoms with Gasteiger partial charge in [-0.2, -0.15) is 0 Å². The third-order valence-corrected chi connectivity index (χ3v) is 2.03. The molecule has 0 spiro atoms. The summed E-state index contributed by atoms with van der Waals surface area (Å²) in [5.41, 5.74) is 0.902. The Hall–Kier alpha value is -2.64. The van der Waals surface area contributed by atoms with Crippen molar-refractivity contribution in [3.05, 3.63) is 24.3 Å². The summed E-state index contributed by atoms with van der Waals surface area (Å²) < 4.78 is 9.13. The van der Waals surface area contributed by atoms with Crippen molar-refractivity contribution in [3.63, 3.8) is 0 Å². The molecule has 0 unspecified atom stereocenters. The van der Waals surface area contributed by atoms with Crippen LogP contribution in [-0.2, 0) is 28.7 Å². The summed E-state index contributed by atoms with van der Waals surface area (Å²) in [5.74, 6) is -2.52. The molecule has 25 heavy (non-hydrogen) atoms. The average molecular weight is 360 g/mol. The second-order valence-electron chi connectivity index (χ2n) is 4.64. The molecular weight excluding hydrogens is 332 g/mol. The van der Waals surface area contributed by atoms with Gasteiger partial charge in [-0.05, 0) is 34.1 Å². The fourth-order valence-electron chi connectivity index (χ4n) is 0.899. The Kier molecular flexibility index (Phi) is 19.3. The fraction of sp³-hybridized carbons (Fsp3) is 0.529. The van der Waals surface area contributed by atoms with Gasteiger partial charge in [-0.1, -0.05) is 13.2 Å². The van der Waals surface area contributed by atoms with E-state index >= 15 is 0 Å². The number of ether oxygens (including phenoxy) is 2. The van der Waals surface area contributed by atoms with Crippen molar-refractivity contribution in [2.75, 3.05) is 13.2 Å². The lowest BCUT2D eigenvalue weighted by molar-refractivity contribution is -0.140. The first-order valence-corrected chi connectivity index (χ1v) is 7.58. The van der Waals surface area contributed by atoms with Gasteiger partial charge in [-0.15, -0.1) is 0 Å². The molecule has 2 N–H and O–H groups in total. The van der Waals surface area contributed by atoms with Gasteiger partial charge in [0.25, 0.3) is 0 Å². The topological polar surface area (TPSA) is 127 Å². The lowest BCUT2D eigenvalue weighted by Gasteiger charge is -1.96. The Morgan fingerprint density at radius 3 is 1.16 bits per heavy atom. The Balaban J connectivity index is -0.000000291. The molecule has 0 saturated carbocycles. The Labute approximate surface area is 148 Å². The van der Waals surface area contributed by atoms with E-state index in [0.29, 0.717) is 24.4 Å². The van der Waals surface area contributed by atoms with Gasteiger partial charge >= 0.3 is 23.9 Å². The molecule has 0 amide bonds. The summed E-state index contributed by atoms with van der Waals surface area (Å²) in [7, 11) is 0. The maximum atomic E-state index is 10.4. The second-order valence-corrected chi connectivity index (χ2v) is 4.64. The number of esters is 2. The summed E-state index contributed by atoms with van der Waals surface area (Å²) >= 11 is 0. The predicted octanol–water partition coefficient (Wildman–Crippen LogP) is 2.58. The Morgan fingerprint density at radius 2 is 1.04 bits per heavy atom. The van der Waals surface area contributed by atoms with Gasteiger partial charge in [0.05, 0.1) is 13.2 Å². The monoisotopic (exact) mass is 360 g/mol. The SMILES string of the molecule is C=C(C)C(=O)OCC.C=C(C)C(=O)OCC.O=C(O)CCCC(=O)O. The van der Waals surface area contributed by atoms with E-state index in [2.05, 4.69) is 22.6 Å². The molecule has 0 aromatic heterocycles. The summed E-state index contributed by atoms with van der Waals surface area (Å²) in [5, 5.41) is 16.1. The summed E-state index contributed by atoms with van der Waals surface area (Å²) in [6.45, 7) is 14.4. The number of rotatable bonds is 8. The lowest BCUT2D eigenvalue weighted by Crippen LogP contribution is -2.03. The Bertz CT molecular complexity index is 423. The van der Waals surface area contributed by atoms with E-state index in [9.17, 15) is 19.2 Å². The molecule has 0 aliphatic heterocycles. The molecule has 0 aliphatic rings. The first-order valence-electron chi connectivity index (χ1n) is 7.58. The van der Waals surface area contributed by atoms with Crippen LogP contribution in [0.4, 0.5) is 0 Å². The molecule has 0 saturated heterocycles. The molecule has 0 atom stereocenters. The van der Waals surface area contributed by atoms with E-state index in [0.717, 1.165) is 0 Å². The molecule has 8 heteroatoms. The number of hydrogen-bond donors (Lipinski definition) is 2. The normalized spacial score (nSPS) is 8.48. The number of aliphatic carboxylic acids is 2. The minimum Gasteiger partial charge on any atom is -0.481 e. The quantitative estimate of drug-likeness (QED) is 0.499. The first-order chi connectivity index (χ1) is 11.5. The zero-order valence-electron chi connectivity index (χ0n) is 15.3. The van der Waals surface area contributed by atoms with Crippen molar-refractivity contribution in [2.24, 2.45) is 0 Å². The van der Waals surface area contributed by atoms with Gasteiger partial charge in [-0.25, -0.2) is 9.59 Å². The number of carboxylic acid groups (broad SMARTS) is 2. The van der Waals surface area contributed by atoms with Crippen LogP contribution in [0.2, 0.25) is 0 Å². The van der Waals surface area contributed by atoms with Crippen LogP contribution in [0, 0.1) is 0 Å². The van der Waals surface area contributed by atoms with Crippen molar-refractivity contribution in [1.29, 1.82) is 0 Å². The van der Waals surface area contributed by atoms with Crippen LogP contribution in [-0.4, -0.2) is 47.3 Å². The molecule has 0 heterocycles. The second kappa shape index (κ2) is 17.7. The molecular formula is C17H28O8. The molecule has 0 aliphatic carbocycles. The molecule has 144 valence electrons. The Morgan fingerprint density at radius 1 is 0.760 bits per heavy atom. The molecule has 0 fully saturated rings. The number of hydrogen-bond acceptors (Lipinski definition) is 6. The summed E-state index contributed by atoms with van der Waals surface area (Å²) in [4.78, 5) is 40.4. The van der Waals surface area contributed by atoms with Crippen LogP contribution < -0.4 is 0 Å². The fourth-order valence-corrected chi connectivity index (χ4v) is 0.899. The highest BCUT2D eigenvalue weighted by Gasteiger charge is 2.00. The maximum Gasteiger partial charge on any atom is 0.333 e. The molecule has 0 aromatic rings. The van der Waals surface area contributed by atoms with Gasteiger partial charge in [0.2, 0.25) is 0 Å². The van der Waals surface area contributed by atoms with E-state index in [1.54, 1.807) is 27.7 Å². The van der Waals surface area contributed by atoms with Crippen LogP contribution in [0.1, 0.15) is 47.0 Å². The molecule has 0 radical (unpaired) electrons. The highest BCUT2D eigenvalue weighted by molar-refractivity contribution is 5.87. The van der Waals surface area contributed by atoms with Crippen molar-refractivity contribution in [3.8, 4) is 0 Å². The van der Waals surface area contributed by atoms with Crippen LogP contribution in [0.25, 0.3) is 0 Å². The highest BCUT2D eigenvalue weighted by atomic mass is 16.5. The highest BCUT2D eigenvalue weighted by Crippen LogP contribution is 1.93. The van der Waals surface area contributed by atoms with Crippen molar-refractivity contribution >= 4 is 23.9 Å². The maximum absolute atomic E-state index is 10.4. The summed E-state index contributed by atoms with van der Waals surface area (Å²) in [6.07, 6.45) is 0.0866. The number of carbonyl (C=O) groups is 4. The zero-order chi connectivity index (χ0) is 20.4. The third kappa shape index (κ3) is 26.6. The van der Waals surface area contributed by atoms with E-state index < -0.39 is 11.9 Å². The minimum atomic E-state index is -0.948. The number of carbonyl (C=O) groups excluding carboxylic acids is 2. The predicted molar refractivity (Wildman–Crippen MR) is 92.0 cm³/mol. The first kappa shape index (κ1) is 27.2. The molecule has 0 rings (SSSR count). The van der Waals surface area contributed by atoms with Crippen molar-refractivity contribution in [1.82, 2.24) is 0 Å². The minimum absolute atomic E-state index is 0.0632. The van der Waals surface area contributed by atoms with Crippen molar-refractivity contribution in [2.45, 2.75) is 47.0 Å². The zero-order valence-corrected chi connectivity index (χ0v) is 15.3. The largest absolute Gasteiger partial charge is 0.481 e. The van der Waals surface area contributed by atoms with Gasteiger partial charge in [-0.3, -0.25) is 9.59 Å². The molecule has 8 nitrogen and oxygen atoms in total. The van der Waals surface area contributed by atoms with Crippen LogP contribution in [0.5, 0.6) is 0 Å².